The zero-order chi connectivity index (χ0) is 9.68. The molecule has 1 saturated heterocycles. The van der Waals surface area contributed by atoms with Gasteiger partial charge in [-0.2, -0.15) is 0 Å². The molecule has 0 unspecified atom stereocenters. The Morgan fingerprint density at radius 1 is 1.54 bits per heavy atom. The van der Waals surface area contributed by atoms with Gasteiger partial charge in [0.25, 0.3) is 0 Å². The molecule has 0 spiro atoms. The van der Waals surface area contributed by atoms with Gasteiger partial charge in [0.05, 0.1) is 19.8 Å². The van der Waals surface area contributed by atoms with E-state index in [1.807, 2.05) is 13.8 Å². The highest BCUT2D eigenvalue weighted by molar-refractivity contribution is 5.75. The minimum Gasteiger partial charge on any atom is -0.465 e. The molecule has 0 N–H and O–H groups in total. The lowest BCUT2D eigenvalue weighted by Crippen LogP contribution is -2.46. The summed E-state index contributed by atoms with van der Waals surface area (Å²) in [5.74, 6) is -0.135. The van der Waals surface area contributed by atoms with Gasteiger partial charge in [-0.15, -0.1) is 0 Å². The lowest BCUT2D eigenvalue weighted by atomic mass is 10.2. The summed E-state index contributed by atoms with van der Waals surface area (Å²) in [7, 11) is 0. The Kier molecular flexibility index (Phi) is 4.18. The van der Waals surface area contributed by atoms with E-state index < -0.39 is 0 Å². The van der Waals surface area contributed by atoms with Crippen molar-refractivity contribution in [3.63, 3.8) is 0 Å². The standard InChI is InChI=1S/C9H17NO3/c1-3-13-9(11)8(2)10-4-6-12-7-5-10/h8H,3-7H2,1-2H3/t8-/m1/s1. The average molecular weight is 187 g/mol. The lowest BCUT2D eigenvalue weighted by molar-refractivity contribution is -0.150. The Morgan fingerprint density at radius 2 is 2.15 bits per heavy atom. The minimum absolute atomic E-state index is 0.135. The Morgan fingerprint density at radius 3 is 2.69 bits per heavy atom. The summed E-state index contributed by atoms with van der Waals surface area (Å²) in [6.45, 7) is 7.22. The monoisotopic (exact) mass is 187 g/mol. The van der Waals surface area contributed by atoms with Gasteiger partial charge in [-0.25, -0.2) is 0 Å². The van der Waals surface area contributed by atoms with Crippen LogP contribution < -0.4 is 0 Å². The maximum Gasteiger partial charge on any atom is 0.323 e. The van der Waals surface area contributed by atoms with E-state index in [-0.39, 0.29) is 12.0 Å². The predicted molar refractivity (Wildman–Crippen MR) is 48.5 cm³/mol. The molecule has 1 atom stereocenters. The molecular formula is C9H17NO3. The quantitative estimate of drug-likeness (QED) is 0.594. The number of esters is 1. The first-order valence-electron chi connectivity index (χ1n) is 4.74. The molecule has 4 nitrogen and oxygen atoms in total. The molecule has 1 rings (SSSR count). The number of rotatable bonds is 3. The normalized spacial score (nSPS) is 21.1. The fourth-order valence-corrected chi connectivity index (χ4v) is 1.38. The highest BCUT2D eigenvalue weighted by Gasteiger charge is 2.23. The van der Waals surface area contributed by atoms with E-state index in [1.54, 1.807) is 0 Å². The number of hydrogen-bond donors (Lipinski definition) is 0. The van der Waals surface area contributed by atoms with E-state index in [0.29, 0.717) is 19.8 Å². The van der Waals surface area contributed by atoms with Crippen molar-refractivity contribution in [2.45, 2.75) is 19.9 Å². The van der Waals surface area contributed by atoms with Crippen LogP contribution >= 0.6 is 0 Å². The summed E-state index contributed by atoms with van der Waals surface area (Å²) in [6, 6.07) is -0.135. The molecule has 0 amide bonds. The fourth-order valence-electron chi connectivity index (χ4n) is 1.38. The van der Waals surface area contributed by atoms with Gasteiger partial charge in [-0.05, 0) is 13.8 Å². The molecule has 0 radical (unpaired) electrons. The molecule has 0 aliphatic carbocycles. The number of hydrogen-bond acceptors (Lipinski definition) is 4. The fraction of sp³-hybridized carbons (Fsp3) is 0.889. The van der Waals surface area contributed by atoms with Crippen LogP contribution in [0.25, 0.3) is 0 Å². The highest BCUT2D eigenvalue weighted by Crippen LogP contribution is 2.04. The minimum atomic E-state index is -0.135. The van der Waals surface area contributed by atoms with E-state index in [0.717, 1.165) is 13.1 Å². The third kappa shape index (κ3) is 2.97. The average Bonchev–Trinajstić information content (AvgIpc) is 2.18. The molecule has 0 aromatic rings. The van der Waals surface area contributed by atoms with Gasteiger partial charge in [0, 0.05) is 13.1 Å². The van der Waals surface area contributed by atoms with Crippen LogP contribution in [0.4, 0.5) is 0 Å². The third-order valence-electron chi connectivity index (χ3n) is 2.22. The van der Waals surface area contributed by atoms with Crippen LogP contribution in [0.15, 0.2) is 0 Å². The van der Waals surface area contributed by atoms with Crippen LogP contribution in [0, 0.1) is 0 Å². The zero-order valence-corrected chi connectivity index (χ0v) is 8.28. The first-order valence-corrected chi connectivity index (χ1v) is 4.74. The summed E-state index contributed by atoms with van der Waals surface area (Å²) in [4.78, 5) is 13.4. The van der Waals surface area contributed by atoms with Crippen molar-refractivity contribution in [1.82, 2.24) is 4.90 Å². The Bertz CT molecular complexity index is 166. The SMILES string of the molecule is CCOC(=O)[C@@H](C)N1CCOCC1. The van der Waals surface area contributed by atoms with E-state index >= 15 is 0 Å². The topological polar surface area (TPSA) is 38.8 Å². The lowest BCUT2D eigenvalue weighted by Gasteiger charge is -2.30. The highest BCUT2D eigenvalue weighted by atomic mass is 16.5. The van der Waals surface area contributed by atoms with Crippen molar-refractivity contribution in [2.24, 2.45) is 0 Å². The number of ether oxygens (including phenoxy) is 2. The van der Waals surface area contributed by atoms with Gasteiger partial charge >= 0.3 is 5.97 Å². The molecule has 76 valence electrons. The van der Waals surface area contributed by atoms with E-state index in [1.165, 1.54) is 0 Å². The predicted octanol–water partition coefficient (Wildman–Crippen LogP) is 0.270. The smallest absolute Gasteiger partial charge is 0.323 e. The largest absolute Gasteiger partial charge is 0.465 e. The number of carbonyl (C=O) groups is 1. The Hall–Kier alpha value is -0.610. The second-order valence-corrected chi connectivity index (χ2v) is 3.08. The third-order valence-corrected chi connectivity index (χ3v) is 2.22. The summed E-state index contributed by atoms with van der Waals surface area (Å²) in [5, 5.41) is 0. The maximum atomic E-state index is 11.3. The second-order valence-electron chi connectivity index (χ2n) is 3.08. The molecule has 4 heteroatoms. The van der Waals surface area contributed by atoms with Crippen LogP contribution in [0.1, 0.15) is 13.8 Å². The Labute approximate surface area is 78.8 Å². The molecule has 1 heterocycles. The summed E-state index contributed by atoms with van der Waals surface area (Å²) < 4.78 is 10.1. The van der Waals surface area contributed by atoms with Crippen LogP contribution in [0.2, 0.25) is 0 Å². The van der Waals surface area contributed by atoms with Crippen LogP contribution in [-0.2, 0) is 14.3 Å². The summed E-state index contributed by atoms with van der Waals surface area (Å²) in [6.07, 6.45) is 0. The van der Waals surface area contributed by atoms with Gasteiger partial charge in [0.1, 0.15) is 6.04 Å². The van der Waals surface area contributed by atoms with Crippen LogP contribution in [0.5, 0.6) is 0 Å². The van der Waals surface area contributed by atoms with Crippen molar-refractivity contribution < 1.29 is 14.3 Å². The molecule has 13 heavy (non-hydrogen) atoms. The van der Waals surface area contributed by atoms with E-state index in [4.69, 9.17) is 9.47 Å². The molecule has 0 saturated carbocycles. The van der Waals surface area contributed by atoms with Gasteiger partial charge in [-0.1, -0.05) is 0 Å². The molecule has 1 aliphatic rings. The van der Waals surface area contributed by atoms with Crippen LogP contribution in [-0.4, -0.2) is 49.8 Å². The van der Waals surface area contributed by atoms with E-state index in [9.17, 15) is 4.79 Å². The van der Waals surface area contributed by atoms with Crippen molar-refractivity contribution in [3.8, 4) is 0 Å². The molecule has 1 fully saturated rings. The van der Waals surface area contributed by atoms with Gasteiger partial charge in [0.15, 0.2) is 0 Å². The number of morpholine rings is 1. The van der Waals surface area contributed by atoms with Crippen LogP contribution in [0.3, 0.4) is 0 Å². The van der Waals surface area contributed by atoms with Gasteiger partial charge in [0.2, 0.25) is 0 Å². The van der Waals surface area contributed by atoms with Crippen molar-refractivity contribution >= 4 is 5.97 Å². The Balaban J connectivity index is 2.35. The maximum absolute atomic E-state index is 11.3. The molecule has 0 aromatic heterocycles. The molecule has 1 aliphatic heterocycles. The first kappa shape index (κ1) is 10.5. The molecular weight excluding hydrogens is 170 g/mol. The van der Waals surface area contributed by atoms with Crippen molar-refractivity contribution in [1.29, 1.82) is 0 Å². The molecule has 0 aromatic carbocycles. The van der Waals surface area contributed by atoms with Gasteiger partial charge < -0.3 is 9.47 Å². The molecule has 0 bridgehead atoms. The van der Waals surface area contributed by atoms with E-state index in [2.05, 4.69) is 4.90 Å². The number of carbonyl (C=O) groups excluding carboxylic acids is 1. The van der Waals surface area contributed by atoms with Gasteiger partial charge in [-0.3, -0.25) is 9.69 Å². The first-order chi connectivity index (χ1) is 6.25. The summed E-state index contributed by atoms with van der Waals surface area (Å²) >= 11 is 0. The zero-order valence-electron chi connectivity index (χ0n) is 8.28. The van der Waals surface area contributed by atoms with Crippen molar-refractivity contribution in [3.05, 3.63) is 0 Å². The number of nitrogens with zero attached hydrogens (tertiary/aromatic N) is 1. The summed E-state index contributed by atoms with van der Waals surface area (Å²) in [5.41, 5.74) is 0. The second kappa shape index (κ2) is 5.19. The van der Waals surface area contributed by atoms with Crippen molar-refractivity contribution in [2.75, 3.05) is 32.9 Å².